The molecule has 0 radical (unpaired) electrons. The largest absolute Gasteiger partial charge is 0.369 e. The topological polar surface area (TPSA) is 58.9 Å². The third-order valence-corrected chi connectivity index (χ3v) is 3.24. The first-order valence-corrected chi connectivity index (χ1v) is 5.15. The summed E-state index contributed by atoms with van der Waals surface area (Å²) in [5.41, 5.74) is 8.90. The summed E-state index contributed by atoms with van der Waals surface area (Å²) in [5.74, 6) is -0.334. The maximum atomic E-state index is 11.3. The summed E-state index contributed by atoms with van der Waals surface area (Å²) >= 11 is 0. The fourth-order valence-corrected chi connectivity index (χ4v) is 2.52. The summed E-state index contributed by atoms with van der Waals surface area (Å²) in [6.45, 7) is 0. The molecular formula is C12H12N2O. The minimum atomic E-state index is -0.217. The highest BCUT2D eigenvalue weighted by atomic mass is 16.1. The third kappa shape index (κ3) is 1.09. The molecule has 76 valence electrons. The molecule has 15 heavy (non-hydrogen) atoms. The van der Waals surface area contributed by atoms with Gasteiger partial charge in [0.2, 0.25) is 5.91 Å². The zero-order chi connectivity index (χ0) is 10.4. The van der Waals surface area contributed by atoms with Crippen LogP contribution < -0.4 is 5.73 Å². The molecule has 0 saturated carbocycles. The number of carbonyl (C=O) groups excluding carboxylic acids is 1. The fraction of sp³-hybridized carbons (Fsp3) is 0.250. The number of primary amides is 1. The molecule has 1 heterocycles. The van der Waals surface area contributed by atoms with Gasteiger partial charge >= 0.3 is 0 Å². The van der Waals surface area contributed by atoms with Crippen LogP contribution in [0.15, 0.2) is 24.4 Å². The standard InChI is InChI=1S/C12H12N2O/c13-12(15)8-5-4-7-2-1-3-10-11(7)9(8)6-14-10/h1-3,6,8,14H,4-5H2,(H2,13,15). The first kappa shape index (κ1) is 8.53. The molecule has 3 rings (SSSR count). The quantitative estimate of drug-likeness (QED) is 0.723. The van der Waals surface area contributed by atoms with Crippen molar-refractivity contribution in [2.75, 3.05) is 0 Å². The van der Waals surface area contributed by atoms with Crippen molar-refractivity contribution in [3.8, 4) is 0 Å². The molecule has 1 amide bonds. The molecule has 1 aliphatic carbocycles. The Labute approximate surface area is 87.3 Å². The number of rotatable bonds is 1. The van der Waals surface area contributed by atoms with Gasteiger partial charge in [-0.15, -0.1) is 0 Å². The van der Waals surface area contributed by atoms with Gasteiger partial charge < -0.3 is 10.7 Å². The Morgan fingerprint density at radius 1 is 1.47 bits per heavy atom. The molecule has 3 heteroatoms. The van der Waals surface area contributed by atoms with E-state index in [1.165, 1.54) is 10.9 Å². The van der Waals surface area contributed by atoms with E-state index in [0.29, 0.717) is 0 Å². The number of aryl methyl sites for hydroxylation is 1. The molecule has 1 unspecified atom stereocenters. The lowest BCUT2D eigenvalue weighted by atomic mass is 9.84. The van der Waals surface area contributed by atoms with Crippen LogP contribution in [0.4, 0.5) is 0 Å². The summed E-state index contributed by atoms with van der Waals surface area (Å²) < 4.78 is 0. The maximum Gasteiger partial charge on any atom is 0.225 e. The van der Waals surface area contributed by atoms with Crippen molar-refractivity contribution in [2.24, 2.45) is 5.73 Å². The predicted octanol–water partition coefficient (Wildman–Crippen LogP) is 1.68. The molecule has 3 nitrogen and oxygen atoms in total. The Bertz CT molecular complexity index is 542. The van der Waals surface area contributed by atoms with Crippen LogP contribution in [-0.4, -0.2) is 10.9 Å². The highest BCUT2D eigenvalue weighted by Gasteiger charge is 2.26. The highest BCUT2D eigenvalue weighted by Crippen LogP contribution is 2.36. The van der Waals surface area contributed by atoms with Gasteiger partial charge in [-0.05, 0) is 30.0 Å². The molecule has 0 aliphatic heterocycles. The number of amides is 1. The average molecular weight is 200 g/mol. The number of nitrogens with one attached hydrogen (secondary N) is 1. The highest BCUT2D eigenvalue weighted by molar-refractivity contribution is 5.94. The van der Waals surface area contributed by atoms with Gasteiger partial charge in [0.1, 0.15) is 0 Å². The Balaban J connectivity index is 2.31. The van der Waals surface area contributed by atoms with Crippen LogP contribution in [0, 0.1) is 0 Å². The predicted molar refractivity (Wildman–Crippen MR) is 58.6 cm³/mol. The summed E-state index contributed by atoms with van der Waals surface area (Å²) in [6.07, 6.45) is 3.69. The molecule has 1 atom stereocenters. The normalized spacial score (nSPS) is 19.3. The minimum Gasteiger partial charge on any atom is -0.369 e. The first-order chi connectivity index (χ1) is 7.27. The lowest BCUT2D eigenvalue weighted by Crippen LogP contribution is -2.23. The Morgan fingerprint density at radius 2 is 2.33 bits per heavy atom. The van der Waals surface area contributed by atoms with Crippen molar-refractivity contribution in [1.29, 1.82) is 0 Å². The summed E-state index contributed by atoms with van der Waals surface area (Å²) in [7, 11) is 0. The van der Waals surface area contributed by atoms with Crippen LogP contribution in [-0.2, 0) is 11.2 Å². The van der Waals surface area contributed by atoms with E-state index in [1.807, 2.05) is 18.3 Å². The molecule has 1 aliphatic rings. The molecule has 0 fully saturated rings. The lowest BCUT2D eigenvalue weighted by molar-refractivity contribution is -0.119. The van der Waals surface area contributed by atoms with E-state index in [0.717, 1.165) is 23.9 Å². The monoisotopic (exact) mass is 200 g/mol. The smallest absolute Gasteiger partial charge is 0.225 e. The number of hydrogen-bond donors (Lipinski definition) is 2. The summed E-state index contributed by atoms with van der Waals surface area (Å²) in [6, 6.07) is 6.20. The third-order valence-electron chi connectivity index (χ3n) is 3.24. The van der Waals surface area contributed by atoms with Crippen molar-refractivity contribution in [2.45, 2.75) is 18.8 Å². The zero-order valence-corrected chi connectivity index (χ0v) is 8.29. The van der Waals surface area contributed by atoms with Crippen LogP contribution in [0.2, 0.25) is 0 Å². The van der Waals surface area contributed by atoms with Crippen molar-refractivity contribution in [3.05, 3.63) is 35.5 Å². The number of nitrogens with two attached hydrogens (primary N) is 1. The number of benzene rings is 1. The van der Waals surface area contributed by atoms with Crippen LogP contribution in [0.25, 0.3) is 10.9 Å². The zero-order valence-electron chi connectivity index (χ0n) is 8.29. The molecule has 3 N–H and O–H groups in total. The molecule has 2 aromatic rings. The van der Waals surface area contributed by atoms with Gasteiger partial charge in [0, 0.05) is 17.1 Å². The minimum absolute atomic E-state index is 0.117. The van der Waals surface area contributed by atoms with E-state index in [4.69, 9.17) is 5.73 Å². The van der Waals surface area contributed by atoms with Gasteiger partial charge in [-0.3, -0.25) is 4.79 Å². The fourth-order valence-electron chi connectivity index (χ4n) is 2.52. The number of hydrogen-bond acceptors (Lipinski definition) is 1. The maximum absolute atomic E-state index is 11.3. The summed E-state index contributed by atoms with van der Waals surface area (Å²) in [4.78, 5) is 14.5. The van der Waals surface area contributed by atoms with Crippen LogP contribution in [0.1, 0.15) is 23.5 Å². The molecule has 1 aromatic heterocycles. The second-order valence-electron chi connectivity index (χ2n) is 4.08. The molecule has 1 aromatic carbocycles. The Hall–Kier alpha value is -1.77. The van der Waals surface area contributed by atoms with Gasteiger partial charge in [0.05, 0.1) is 5.92 Å². The van der Waals surface area contributed by atoms with Gasteiger partial charge in [0.15, 0.2) is 0 Å². The van der Waals surface area contributed by atoms with Crippen LogP contribution in [0.3, 0.4) is 0 Å². The van der Waals surface area contributed by atoms with Crippen molar-refractivity contribution < 1.29 is 4.79 Å². The van der Waals surface area contributed by atoms with Gasteiger partial charge in [-0.25, -0.2) is 0 Å². The number of carbonyl (C=O) groups is 1. The molecule has 0 bridgehead atoms. The Morgan fingerprint density at radius 3 is 3.13 bits per heavy atom. The number of H-pyrrole nitrogens is 1. The summed E-state index contributed by atoms with van der Waals surface area (Å²) in [5, 5.41) is 1.20. The second kappa shape index (κ2) is 2.86. The lowest BCUT2D eigenvalue weighted by Gasteiger charge is -2.19. The Kier molecular flexibility index (Phi) is 1.63. The molecule has 0 saturated heterocycles. The molecule has 0 spiro atoms. The van der Waals surface area contributed by atoms with E-state index >= 15 is 0 Å². The number of aromatic amines is 1. The first-order valence-electron chi connectivity index (χ1n) is 5.15. The van der Waals surface area contributed by atoms with Crippen molar-refractivity contribution >= 4 is 16.8 Å². The van der Waals surface area contributed by atoms with Crippen molar-refractivity contribution in [1.82, 2.24) is 4.98 Å². The molecular weight excluding hydrogens is 188 g/mol. The van der Waals surface area contributed by atoms with Gasteiger partial charge in [-0.1, -0.05) is 12.1 Å². The second-order valence-corrected chi connectivity index (χ2v) is 4.08. The van der Waals surface area contributed by atoms with Crippen molar-refractivity contribution in [3.63, 3.8) is 0 Å². The van der Waals surface area contributed by atoms with E-state index in [1.54, 1.807) is 0 Å². The number of aromatic nitrogens is 1. The van der Waals surface area contributed by atoms with Gasteiger partial charge in [0.25, 0.3) is 0 Å². The van der Waals surface area contributed by atoms with E-state index in [2.05, 4.69) is 11.1 Å². The van der Waals surface area contributed by atoms with Gasteiger partial charge in [-0.2, -0.15) is 0 Å². The average Bonchev–Trinajstić information content (AvgIpc) is 2.65. The van der Waals surface area contributed by atoms with E-state index in [9.17, 15) is 4.79 Å². The van der Waals surface area contributed by atoms with E-state index in [-0.39, 0.29) is 11.8 Å². The van der Waals surface area contributed by atoms with Crippen LogP contribution in [0.5, 0.6) is 0 Å². The van der Waals surface area contributed by atoms with Crippen LogP contribution >= 0.6 is 0 Å². The van der Waals surface area contributed by atoms with E-state index < -0.39 is 0 Å². The SMILES string of the molecule is NC(=O)C1CCc2cccc3[nH]cc1c23.